The molecule has 0 amide bonds. The Bertz CT molecular complexity index is 376. The van der Waals surface area contributed by atoms with Gasteiger partial charge >= 0.3 is 0 Å². The lowest BCUT2D eigenvalue weighted by Crippen LogP contribution is -2.55. The summed E-state index contributed by atoms with van der Waals surface area (Å²) in [6.07, 6.45) is 1.25. The highest BCUT2D eigenvalue weighted by Gasteiger charge is 2.51. The Labute approximate surface area is 104 Å². The van der Waals surface area contributed by atoms with Crippen molar-refractivity contribution in [3.05, 3.63) is 35.9 Å². The molecule has 2 aliphatic rings. The average Bonchev–Trinajstić information content (AvgIpc) is 2.71. The number of fused-ring (bicyclic) bond motifs is 1. The maximum Gasteiger partial charge on any atom is 0.0233 e. The predicted octanol–water partition coefficient (Wildman–Crippen LogP) is 2.10. The standard InChI is InChI=1S/C15H22N2/c1-2-12-13-9-17(10-14(13)15(12)16)8-11-6-4-3-5-7-11/h3-7,12-15H,2,8-10,16H2,1H3/t12?,13?,14?,15-/m0/s1. The smallest absolute Gasteiger partial charge is 0.0233 e. The zero-order chi connectivity index (χ0) is 11.8. The van der Waals surface area contributed by atoms with Crippen molar-refractivity contribution < 1.29 is 0 Å². The molecule has 1 aromatic carbocycles. The summed E-state index contributed by atoms with van der Waals surface area (Å²) in [5.74, 6) is 2.42. The van der Waals surface area contributed by atoms with Gasteiger partial charge in [0, 0.05) is 25.7 Å². The number of hydrogen-bond donors (Lipinski definition) is 1. The second-order valence-electron chi connectivity index (χ2n) is 5.66. The van der Waals surface area contributed by atoms with Gasteiger partial charge in [0.2, 0.25) is 0 Å². The van der Waals surface area contributed by atoms with E-state index in [0.29, 0.717) is 6.04 Å². The van der Waals surface area contributed by atoms with Gasteiger partial charge in [-0.15, -0.1) is 0 Å². The summed E-state index contributed by atoms with van der Waals surface area (Å²) in [6, 6.07) is 11.2. The molecule has 4 atom stereocenters. The molecular weight excluding hydrogens is 208 g/mol. The number of rotatable bonds is 3. The first-order chi connectivity index (χ1) is 8.29. The first-order valence-corrected chi connectivity index (χ1v) is 6.81. The molecule has 3 unspecified atom stereocenters. The first kappa shape index (κ1) is 11.2. The van der Waals surface area contributed by atoms with Crippen molar-refractivity contribution in [2.75, 3.05) is 13.1 Å². The molecule has 2 nitrogen and oxygen atoms in total. The largest absolute Gasteiger partial charge is 0.327 e. The summed E-state index contributed by atoms with van der Waals surface area (Å²) in [5.41, 5.74) is 7.67. The van der Waals surface area contributed by atoms with Crippen LogP contribution in [0.5, 0.6) is 0 Å². The van der Waals surface area contributed by atoms with Crippen LogP contribution < -0.4 is 5.73 Å². The fourth-order valence-corrected chi connectivity index (χ4v) is 3.80. The molecule has 1 aliphatic carbocycles. The fourth-order valence-electron chi connectivity index (χ4n) is 3.80. The highest BCUT2D eigenvalue weighted by molar-refractivity contribution is 5.15. The Morgan fingerprint density at radius 3 is 2.59 bits per heavy atom. The molecule has 17 heavy (non-hydrogen) atoms. The number of likely N-dealkylation sites (tertiary alicyclic amines) is 1. The van der Waals surface area contributed by atoms with Crippen molar-refractivity contribution in [3.8, 4) is 0 Å². The van der Waals surface area contributed by atoms with Crippen molar-refractivity contribution in [1.29, 1.82) is 0 Å². The van der Waals surface area contributed by atoms with Gasteiger partial charge in [0.1, 0.15) is 0 Å². The van der Waals surface area contributed by atoms with Gasteiger partial charge in [-0.25, -0.2) is 0 Å². The quantitative estimate of drug-likeness (QED) is 0.861. The fraction of sp³-hybridized carbons (Fsp3) is 0.600. The van der Waals surface area contributed by atoms with Gasteiger partial charge in [-0.05, 0) is 23.3 Å². The first-order valence-electron chi connectivity index (χ1n) is 6.81. The minimum absolute atomic E-state index is 0.464. The van der Waals surface area contributed by atoms with Gasteiger partial charge in [0.15, 0.2) is 0 Å². The molecule has 0 aromatic heterocycles. The van der Waals surface area contributed by atoms with Crippen molar-refractivity contribution in [3.63, 3.8) is 0 Å². The van der Waals surface area contributed by atoms with Gasteiger partial charge in [0.25, 0.3) is 0 Å². The van der Waals surface area contributed by atoms with E-state index in [0.717, 1.165) is 24.3 Å². The molecular formula is C15H22N2. The lowest BCUT2D eigenvalue weighted by Gasteiger charge is -2.46. The van der Waals surface area contributed by atoms with E-state index in [2.05, 4.69) is 42.2 Å². The topological polar surface area (TPSA) is 29.3 Å². The van der Waals surface area contributed by atoms with Crippen molar-refractivity contribution in [2.24, 2.45) is 23.5 Å². The van der Waals surface area contributed by atoms with Crippen LogP contribution in [0.25, 0.3) is 0 Å². The molecule has 1 aromatic rings. The second kappa shape index (κ2) is 4.43. The third-order valence-corrected chi connectivity index (χ3v) is 4.75. The van der Waals surface area contributed by atoms with Crippen LogP contribution >= 0.6 is 0 Å². The van der Waals surface area contributed by atoms with E-state index in [4.69, 9.17) is 5.73 Å². The van der Waals surface area contributed by atoms with Crippen LogP contribution in [0.3, 0.4) is 0 Å². The summed E-state index contributed by atoms with van der Waals surface area (Å²) in [5, 5.41) is 0. The number of nitrogens with zero attached hydrogens (tertiary/aromatic N) is 1. The van der Waals surface area contributed by atoms with Crippen LogP contribution in [0.15, 0.2) is 30.3 Å². The molecule has 2 heteroatoms. The van der Waals surface area contributed by atoms with Crippen LogP contribution in [-0.4, -0.2) is 24.0 Å². The van der Waals surface area contributed by atoms with Gasteiger partial charge in [-0.1, -0.05) is 43.7 Å². The Balaban J connectivity index is 1.62. The Hall–Kier alpha value is -0.860. The zero-order valence-corrected chi connectivity index (χ0v) is 10.5. The van der Waals surface area contributed by atoms with Crippen LogP contribution in [-0.2, 0) is 6.54 Å². The molecule has 2 fully saturated rings. The molecule has 0 radical (unpaired) electrons. The minimum atomic E-state index is 0.464. The minimum Gasteiger partial charge on any atom is -0.327 e. The molecule has 0 bridgehead atoms. The normalized spacial score (nSPS) is 36.6. The highest BCUT2D eigenvalue weighted by atomic mass is 15.2. The molecule has 1 saturated carbocycles. The van der Waals surface area contributed by atoms with Crippen molar-refractivity contribution in [2.45, 2.75) is 25.9 Å². The van der Waals surface area contributed by atoms with Crippen LogP contribution in [0.2, 0.25) is 0 Å². The third-order valence-electron chi connectivity index (χ3n) is 4.75. The summed E-state index contributed by atoms with van der Waals surface area (Å²) in [6.45, 7) is 5.83. The lowest BCUT2D eigenvalue weighted by atomic mass is 9.62. The molecule has 1 saturated heterocycles. The summed E-state index contributed by atoms with van der Waals surface area (Å²) >= 11 is 0. The maximum absolute atomic E-state index is 6.25. The molecule has 3 rings (SSSR count). The van der Waals surface area contributed by atoms with Crippen LogP contribution in [0, 0.1) is 17.8 Å². The van der Waals surface area contributed by atoms with Gasteiger partial charge < -0.3 is 5.73 Å². The van der Waals surface area contributed by atoms with E-state index in [1.807, 2.05) is 0 Å². The zero-order valence-electron chi connectivity index (χ0n) is 10.5. The van der Waals surface area contributed by atoms with Crippen LogP contribution in [0.4, 0.5) is 0 Å². The third kappa shape index (κ3) is 1.90. The second-order valence-corrected chi connectivity index (χ2v) is 5.66. The Morgan fingerprint density at radius 2 is 1.88 bits per heavy atom. The SMILES string of the molecule is CCC1C2CN(Cc3ccccc3)CC2[C@H]1N. The number of nitrogens with two attached hydrogens (primary N) is 1. The van der Waals surface area contributed by atoms with E-state index >= 15 is 0 Å². The van der Waals surface area contributed by atoms with Crippen molar-refractivity contribution >= 4 is 0 Å². The molecule has 92 valence electrons. The van der Waals surface area contributed by atoms with Crippen molar-refractivity contribution in [1.82, 2.24) is 4.90 Å². The number of benzene rings is 1. The van der Waals surface area contributed by atoms with E-state index in [9.17, 15) is 0 Å². The average molecular weight is 230 g/mol. The van der Waals surface area contributed by atoms with Gasteiger partial charge in [0.05, 0.1) is 0 Å². The van der Waals surface area contributed by atoms with E-state index in [-0.39, 0.29) is 0 Å². The van der Waals surface area contributed by atoms with E-state index in [1.54, 1.807) is 0 Å². The van der Waals surface area contributed by atoms with Gasteiger partial charge in [-0.2, -0.15) is 0 Å². The maximum atomic E-state index is 6.25. The molecule has 2 N–H and O–H groups in total. The predicted molar refractivity (Wildman–Crippen MR) is 70.5 cm³/mol. The summed E-state index contributed by atoms with van der Waals surface area (Å²) in [7, 11) is 0. The highest BCUT2D eigenvalue weighted by Crippen LogP contribution is 2.46. The van der Waals surface area contributed by atoms with E-state index < -0.39 is 0 Å². The molecule has 1 aliphatic heterocycles. The Kier molecular flexibility index (Phi) is 2.93. The van der Waals surface area contributed by atoms with Crippen LogP contribution in [0.1, 0.15) is 18.9 Å². The summed E-state index contributed by atoms with van der Waals surface area (Å²) in [4.78, 5) is 2.58. The summed E-state index contributed by atoms with van der Waals surface area (Å²) < 4.78 is 0. The molecule has 1 heterocycles. The van der Waals surface area contributed by atoms with Gasteiger partial charge in [-0.3, -0.25) is 4.90 Å². The number of hydrogen-bond acceptors (Lipinski definition) is 2. The van der Waals surface area contributed by atoms with E-state index in [1.165, 1.54) is 25.1 Å². The lowest BCUT2D eigenvalue weighted by molar-refractivity contribution is 0.0780. The molecule has 0 spiro atoms. The monoisotopic (exact) mass is 230 g/mol. The Morgan fingerprint density at radius 1 is 1.18 bits per heavy atom.